The first kappa shape index (κ1) is 12.6. The van der Waals surface area contributed by atoms with Crippen LogP contribution in [0.4, 0.5) is 5.69 Å². The highest BCUT2D eigenvalue weighted by Gasteiger charge is 2.04. The molecule has 2 rings (SSSR count). The molecule has 0 aliphatic carbocycles. The third-order valence-electron chi connectivity index (χ3n) is 2.56. The van der Waals surface area contributed by atoms with Crippen LogP contribution in [0.3, 0.4) is 0 Å². The Morgan fingerprint density at radius 3 is 3.06 bits per heavy atom. The number of benzene rings is 1. The first-order valence-corrected chi connectivity index (χ1v) is 6.12. The van der Waals surface area contributed by atoms with Crippen molar-refractivity contribution in [3.8, 4) is 11.4 Å². The second-order valence-corrected chi connectivity index (χ2v) is 4.01. The van der Waals surface area contributed by atoms with Gasteiger partial charge < -0.3 is 10.5 Å². The summed E-state index contributed by atoms with van der Waals surface area (Å²) in [5.74, 6) is 0.707. The highest BCUT2D eigenvalue weighted by atomic mass is 16.5. The summed E-state index contributed by atoms with van der Waals surface area (Å²) in [7, 11) is 0. The normalized spacial score (nSPS) is 10.7. The number of nitrogens with two attached hydrogens (primary N) is 1. The van der Waals surface area contributed by atoms with E-state index in [-0.39, 0.29) is 0 Å². The molecular formula is C13H18N4O. The van der Waals surface area contributed by atoms with Crippen LogP contribution in [0.15, 0.2) is 30.6 Å². The summed E-state index contributed by atoms with van der Waals surface area (Å²) in [6.07, 6.45) is 2.68. The zero-order chi connectivity index (χ0) is 12.8. The molecule has 0 fully saturated rings. The molecule has 1 heterocycles. The predicted octanol–water partition coefficient (Wildman–Crippen LogP) is 1.95. The number of hydrogen-bond donors (Lipinski definition) is 1. The average Bonchev–Trinajstić information content (AvgIpc) is 2.83. The lowest BCUT2D eigenvalue weighted by Gasteiger charge is -2.01. The minimum atomic E-state index is 0.707. The summed E-state index contributed by atoms with van der Waals surface area (Å²) in [6.45, 7) is 4.32. The molecule has 0 atom stereocenters. The maximum atomic E-state index is 5.74. The zero-order valence-electron chi connectivity index (χ0n) is 10.5. The van der Waals surface area contributed by atoms with Crippen LogP contribution >= 0.6 is 0 Å². The van der Waals surface area contributed by atoms with E-state index in [9.17, 15) is 0 Å². The lowest BCUT2D eigenvalue weighted by Crippen LogP contribution is -2.03. The SMILES string of the molecule is CCOCCCn1cnc(-c2cccc(N)c2)n1. The highest BCUT2D eigenvalue weighted by Crippen LogP contribution is 2.16. The van der Waals surface area contributed by atoms with Crippen molar-refractivity contribution in [2.75, 3.05) is 18.9 Å². The molecule has 0 spiro atoms. The summed E-state index contributed by atoms with van der Waals surface area (Å²) < 4.78 is 7.12. The van der Waals surface area contributed by atoms with E-state index in [1.807, 2.05) is 35.9 Å². The molecule has 2 N–H and O–H groups in total. The Hall–Kier alpha value is -1.88. The van der Waals surface area contributed by atoms with E-state index in [4.69, 9.17) is 10.5 Å². The Morgan fingerprint density at radius 2 is 2.28 bits per heavy atom. The van der Waals surface area contributed by atoms with Gasteiger partial charge in [0.15, 0.2) is 5.82 Å². The summed E-state index contributed by atoms with van der Waals surface area (Å²) in [5.41, 5.74) is 7.40. The third kappa shape index (κ3) is 3.30. The number of anilines is 1. The first-order valence-electron chi connectivity index (χ1n) is 6.12. The van der Waals surface area contributed by atoms with Crippen molar-refractivity contribution in [2.45, 2.75) is 19.9 Å². The number of aryl methyl sites for hydroxylation is 1. The molecule has 0 aliphatic heterocycles. The molecule has 5 nitrogen and oxygen atoms in total. The van der Waals surface area contributed by atoms with Crippen LogP contribution in [0.2, 0.25) is 0 Å². The summed E-state index contributed by atoms with van der Waals surface area (Å²) in [4.78, 5) is 4.28. The van der Waals surface area contributed by atoms with E-state index in [0.29, 0.717) is 5.82 Å². The van der Waals surface area contributed by atoms with Gasteiger partial charge in [-0.3, -0.25) is 4.68 Å². The molecule has 96 valence electrons. The van der Waals surface area contributed by atoms with Crippen molar-refractivity contribution in [3.05, 3.63) is 30.6 Å². The van der Waals surface area contributed by atoms with E-state index >= 15 is 0 Å². The van der Waals surface area contributed by atoms with Crippen molar-refractivity contribution in [1.82, 2.24) is 14.8 Å². The van der Waals surface area contributed by atoms with E-state index < -0.39 is 0 Å². The molecule has 1 aromatic heterocycles. The van der Waals surface area contributed by atoms with Crippen LogP contribution in [0.1, 0.15) is 13.3 Å². The van der Waals surface area contributed by atoms with E-state index in [1.54, 1.807) is 6.33 Å². The van der Waals surface area contributed by atoms with Gasteiger partial charge in [0.2, 0.25) is 0 Å². The van der Waals surface area contributed by atoms with Gasteiger partial charge in [0.05, 0.1) is 0 Å². The fraction of sp³-hybridized carbons (Fsp3) is 0.385. The molecule has 1 aromatic carbocycles. The number of nitrogen functional groups attached to an aromatic ring is 1. The van der Waals surface area contributed by atoms with Gasteiger partial charge in [-0.05, 0) is 25.5 Å². The quantitative estimate of drug-likeness (QED) is 0.625. The van der Waals surface area contributed by atoms with Crippen LogP contribution in [0.5, 0.6) is 0 Å². The first-order chi connectivity index (χ1) is 8.79. The summed E-state index contributed by atoms with van der Waals surface area (Å²) in [6, 6.07) is 7.58. The minimum Gasteiger partial charge on any atom is -0.399 e. The Bertz CT molecular complexity index is 495. The van der Waals surface area contributed by atoms with E-state index in [1.165, 1.54) is 0 Å². The molecule has 0 saturated carbocycles. The smallest absolute Gasteiger partial charge is 0.181 e. The van der Waals surface area contributed by atoms with Crippen molar-refractivity contribution in [3.63, 3.8) is 0 Å². The lowest BCUT2D eigenvalue weighted by atomic mass is 10.2. The maximum absolute atomic E-state index is 5.74. The van der Waals surface area contributed by atoms with Gasteiger partial charge >= 0.3 is 0 Å². The summed E-state index contributed by atoms with van der Waals surface area (Å²) in [5, 5.41) is 4.41. The second kappa shape index (κ2) is 6.16. The number of ether oxygens (including phenoxy) is 1. The Balaban J connectivity index is 1.97. The highest BCUT2D eigenvalue weighted by molar-refractivity contribution is 5.60. The van der Waals surface area contributed by atoms with Crippen LogP contribution < -0.4 is 5.73 Å². The van der Waals surface area contributed by atoms with Crippen LogP contribution in [-0.2, 0) is 11.3 Å². The van der Waals surface area contributed by atoms with Gasteiger partial charge in [-0.2, -0.15) is 5.10 Å². The molecular weight excluding hydrogens is 228 g/mol. The van der Waals surface area contributed by atoms with Gasteiger partial charge in [0.1, 0.15) is 6.33 Å². The fourth-order valence-electron chi connectivity index (χ4n) is 1.69. The van der Waals surface area contributed by atoms with Gasteiger partial charge in [-0.25, -0.2) is 4.98 Å². The largest absolute Gasteiger partial charge is 0.399 e. The number of aromatic nitrogens is 3. The van der Waals surface area contributed by atoms with Crippen molar-refractivity contribution in [2.24, 2.45) is 0 Å². The maximum Gasteiger partial charge on any atom is 0.181 e. The Morgan fingerprint density at radius 1 is 1.39 bits per heavy atom. The van der Waals surface area contributed by atoms with Crippen LogP contribution in [-0.4, -0.2) is 28.0 Å². The fourth-order valence-corrected chi connectivity index (χ4v) is 1.69. The predicted molar refractivity (Wildman–Crippen MR) is 71.0 cm³/mol. The van der Waals surface area contributed by atoms with Crippen molar-refractivity contribution < 1.29 is 4.74 Å². The molecule has 0 amide bonds. The standard InChI is InChI=1S/C13H18N4O/c1-2-18-8-4-7-17-10-15-13(16-17)11-5-3-6-12(14)9-11/h3,5-6,9-10H,2,4,7-8,14H2,1H3. The lowest BCUT2D eigenvalue weighted by molar-refractivity contribution is 0.141. The van der Waals surface area contributed by atoms with Crippen molar-refractivity contribution >= 4 is 5.69 Å². The monoisotopic (exact) mass is 246 g/mol. The molecule has 0 unspecified atom stereocenters. The molecule has 0 bridgehead atoms. The Kier molecular flexibility index (Phi) is 4.30. The number of nitrogens with zero attached hydrogens (tertiary/aromatic N) is 3. The average molecular weight is 246 g/mol. The Labute approximate surface area is 107 Å². The van der Waals surface area contributed by atoms with E-state index in [2.05, 4.69) is 10.1 Å². The molecule has 0 saturated heterocycles. The van der Waals surface area contributed by atoms with Crippen LogP contribution in [0, 0.1) is 0 Å². The zero-order valence-corrected chi connectivity index (χ0v) is 10.5. The third-order valence-corrected chi connectivity index (χ3v) is 2.56. The minimum absolute atomic E-state index is 0.707. The van der Waals surface area contributed by atoms with Crippen molar-refractivity contribution in [1.29, 1.82) is 0 Å². The van der Waals surface area contributed by atoms with Gasteiger partial charge in [-0.1, -0.05) is 12.1 Å². The van der Waals surface area contributed by atoms with Gasteiger partial charge in [-0.15, -0.1) is 0 Å². The number of rotatable bonds is 6. The summed E-state index contributed by atoms with van der Waals surface area (Å²) >= 11 is 0. The van der Waals surface area contributed by atoms with Gasteiger partial charge in [0.25, 0.3) is 0 Å². The molecule has 0 aliphatic rings. The number of hydrogen-bond acceptors (Lipinski definition) is 4. The molecule has 18 heavy (non-hydrogen) atoms. The van der Waals surface area contributed by atoms with Gasteiger partial charge in [0, 0.05) is 31.0 Å². The second-order valence-electron chi connectivity index (χ2n) is 4.01. The van der Waals surface area contributed by atoms with Crippen LogP contribution in [0.25, 0.3) is 11.4 Å². The topological polar surface area (TPSA) is 66.0 Å². The van der Waals surface area contributed by atoms with E-state index in [0.717, 1.165) is 37.4 Å². The molecule has 2 aromatic rings. The molecule has 5 heteroatoms. The molecule has 0 radical (unpaired) electrons.